The second kappa shape index (κ2) is 10.1. The number of halogens is 1. The minimum atomic E-state index is 0. The number of aromatic nitrogens is 1. The molecule has 4 rings (SSSR count). The highest BCUT2D eigenvalue weighted by Crippen LogP contribution is 2.38. The van der Waals surface area contributed by atoms with Crippen LogP contribution in [0.5, 0.6) is 5.88 Å². The summed E-state index contributed by atoms with van der Waals surface area (Å²) < 4.78 is 11.6. The molecule has 7 heteroatoms. The lowest BCUT2D eigenvalue weighted by Gasteiger charge is -2.25. The van der Waals surface area contributed by atoms with Gasteiger partial charge in [-0.05, 0) is 51.0 Å². The SMILES string of the molecule is CCNC(=NCc1ccc(OC2CCCC2)nc1)N1CCC2(CCOC2)C1.I. The van der Waals surface area contributed by atoms with E-state index in [4.69, 9.17) is 14.5 Å². The van der Waals surface area contributed by atoms with Crippen molar-refractivity contribution in [2.75, 3.05) is 32.8 Å². The Morgan fingerprint density at radius 1 is 1.36 bits per heavy atom. The normalized spacial score (nSPS) is 25.3. The van der Waals surface area contributed by atoms with Crippen LogP contribution in [0.1, 0.15) is 51.0 Å². The van der Waals surface area contributed by atoms with Crippen molar-refractivity contribution in [3.05, 3.63) is 23.9 Å². The monoisotopic (exact) mass is 500 g/mol. The van der Waals surface area contributed by atoms with Gasteiger partial charge >= 0.3 is 0 Å². The number of rotatable bonds is 5. The van der Waals surface area contributed by atoms with E-state index in [2.05, 4.69) is 28.2 Å². The van der Waals surface area contributed by atoms with E-state index in [0.29, 0.717) is 18.1 Å². The molecular formula is C21H33IN4O2. The Kier molecular flexibility index (Phi) is 7.79. The van der Waals surface area contributed by atoms with Crippen molar-refractivity contribution >= 4 is 29.9 Å². The van der Waals surface area contributed by atoms with Gasteiger partial charge < -0.3 is 19.7 Å². The van der Waals surface area contributed by atoms with Gasteiger partial charge in [-0.3, -0.25) is 0 Å². The molecule has 1 saturated carbocycles. The summed E-state index contributed by atoms with van der Waals surface area (Å²) in [4.78, 5) is 11.7. The largest absolute Gasteiger partial charge is 0.474 e. The van der Waals surface area contributed by atoms with Crippen LogP contribution in [-0.4, -0.2) is 54.8 Å². The Morgan fingerprint density at radius 3 is 2.89 bits per heavy atom. The van der Waals surface area contributed by atoms with Crippen molar-refractivity contribution in [1.29, 1.82) is 0 Å². The Bertz CT molecular complexity index is 640. The van der Waals surface area contributed by atoms with Crippen LogP contribution in [0.3, 0.4) is 0 Å². The number of nitrogens with zero attached hydrogens (tertiary/aromatic N) is 3. The van der Waals surface area contributed by atoms with E-state index in [9.17, 15) is 0 Å². The molecule has 0 aromatic carbocycles. The molecule has 1 aliphatic carbocycles. The van der Waals surface area contributed by atoms with Crippen LogP contribution < -0.4 is 10.1 Å². The van der Waals surface area contributed by atoms with Crippen LogP contribution in [0, 0.1) is 5.41 Å². The van der Waals surface area contributed by atoms with Gasteiger partial charge in [0.25, 0.3) is 0 Å². The van der Waals surface area contributed by atoms with Crippen molar-refractivity contribution in [3.8, 4) is 5.88 Å². The van der Waals surface area contributed by atoms with Gasteiger partial charge in [0.05, 0.1) is 13.2 Å². The first kappa shape index (κ1) is 21.6. The zero-order valence-electron chi connectivity index (χ0n) is 16.9. The average molecular weight is 500 g/mol. The first-order chi connectivity index (χ1) is 13.3. The van der Waals surface area contributed by atoms with Crippen molar-refractivity contribution < 1.29 is 9.47 Å². The van der Waals surface area contributed by atoms with Crippen molar-refractivity contribution in [2.24, 2.45) is 10.4 Å². The molecule has 0 amide bonds. The number of likely N-dealkylation sites (tertiary alicyclic amines) is 1. The minimum absolute atomic E-state index is 0. The van der Waals surface area contributed by atoms with Gasteiger partial charge in [0.2, 0.25) is 5.88 Å². The summed E-state index contributed by atoms with van der Waals surface area (Å²) in [6.07, 6.45) is 9.48. The van der Waals surface area contributed by atoms with Gasteiger partial charge in [-0.15, -0.1) is 24.0 Å². The predicted molar refractivity (Wildman–Crippen MR) is 121 cm³/mol. The average Bonchev–Trinajstić information content (AvgIpc) is 3.44. The van der Waals surface area contributed by atoms with E-state index in [1.807, 2.05) is 12.3 Å². The molecule has 1 spiro atoms. The third-order valence-electron chi connectivity index (χ3n) is 6.06. The number of hydrogen-bond donors (Lipinski definition) is 1. The molecule has 3 aliphatic rings. The van der Waals surface area contributed by atoms with Crippen LogP contribution in [0.25, 0.3) is 0 Å². The number of aliphatic imine (C=N–C) groups is 1. The number of nitrogens with one attached hydrogen (secondary N) is 1. The summed E-state index contributed by atoms with van der Waals surface area (Å²) >= 11 is 0. The van der Waals surface area contributed by atoms with Crippen LogP contribution in [-0.2, 0) is 11.3 Å². The third-order valence-corrected chi connectivity index (χ3v) is 6.06. The zero-order chi connectivity index (χ0) is 18.5. The predicted octanol–water partition coefficient (Wildman–Crippen LogP) is 3.60. The Morgan fingerprint density at radius 2 is 2.21 bits per heavy atom. The highest BCUT2D eigenvalue weighted by molar-refractivity contribution is 14.0. The molecule has 6 nitrogen and oxygen atoms in total. The maximum atomic E-state index is 5.95. The number of ether oxygens (including phenoxy) is 2. The van der Waals surface area contributed by atoms with Crippen molar-refractivity contribution in [1.82, 2.24) is 15.2 Å². The molecule has 1 atom stereocenters. The standard InChI is InChI=1S/C21H32N4O2.HI/c1-2-22-20(25-11-9-21(15-25)10-12-26-16-21)24-14-17-7-8-19(23-13-17)27-18-5-3-4-6-18;/h7-8,13,18H,2-6,9-12,14-16H2,1H3,(H,22,24);1H. The van der Waals surface area contributed by atoms with Crippen LogP contribution in [0.4, 0.5) is 0 Å². The number of guanidine groups is 1. The summed E-state index contributed by atoms with van der Waals surface area (Å²) in [5, 5.41) is 3.45. The van der Waals surface area contributed by atoms with E-state index >= 15 is 0 Å². The molecule has 1 aromatic rings. The highest BCUT2D eigenvalue weighted by Gasteiger charge is 2.42. The summed E-state index contributed by atoms with van der Waals surface area (Å²) in [7, 11) is 0. The second-order valence-electron chi connectivity index (χ2n) is 8.17. The van der Waals surface area contributed by atoms with E-state index in [1.165, 1.54) is 25.7 Å². The van der Waals surface area contributed by atoms with Gasteiger partial charge in [0, 0.05) is 43.9 Å². The van der Waals surface area contributed by atoms with E-state index < -0.39 is 0 Å². The van der Waals surface area contributed by atoms with Crippen LogP contribution in [0.15, 0.2) is 23.3 Å². The van der Waals surface area contributed by atoms with Crippen molar-refractivity contribution in [2.45, 2.75) is 58.1 Å². The van der Waals surface area contributed by atoms with Gasteiger partial charge in [-0.1, -0.05) is 6.07 Å². The molecule has 3 fully saturated rings. The van der Waals surface area contributed by atoms with E-state index in [-0.39, 0.29) is 24.0 Å². The maximum absolute atomic E-state index is 5.95. The Labute approximate surface area is 185 Å². The fraction of sp³-hybridized carbons (Fsp3) is 0.714. The fourth-order valence-electron chi connectivity index (χ4n) is 4.43. The molecule has 1 aromatic heterocycles. The molecule has 3 heterocycles. The maximum Gasteiger partial charge on any atom is 0.213 e. The molecule has 28 heavy (non-hydrogen) atoms. The third kappa shape index (κ3) is 5.28. The van der Waals surface area contributed by atoms with Gasteiger partial charge in [0.15, 0.2) is 5.96 Å². The van der Waals surface area contributed by atoms with Crippen LogP contribution in [0.2, 0.25) is 0 Å². The second-order valence-corrected chi connectivity index (χ2v) is 8.17. The topological polar surface area (TPSA) is 59.0 Å². The van der Waals surface area contributed by atoms with E-state index in [1.54, 1.807) is 0 Å². The lowest BCUT2D eigenvalue weighted by atomic mass is 9.87. The van der Waals surface area contributed by atoms with Crippen LogP contribution >= 0.6 is 24.0 Å². The van der Waals surface area contributed by atoms with Crippen molar-refractivity contribution in [3.63, 3.8) is 0 Å². The summed E-state index contributed by atoms with van der Waals surface area (Å²) in [6.45, 7) is 7.55. The number of pyridine rings is 1. The first-order valence-electron chi connectivity index (χ1n) is 10.5. The summed E-state index contributed by atoms with van der Waals surface area (Å²) in [6, 6.07) is 4.07. The van der Waals surface area contributed by atoms with Gasteiger partial charge in [-0.2, -0.15) is 0 Å². The summed E-state index contributed by atoms with van der Waals surface area (Å²) in [5.74, 6) is 1.75. The first-order valence-corrected chi connectivity index (χ1v) is 10.5. The molecule has 2 aliphatic heterocycles. The quantitative estimate of drug-likeness (QED) is 0.381. The molecular weight excluding hydrogens is 467 g/mol. The molecule has 1 unspecified atom stereocenters. The number of hydrogen-bond acceptors (Lipinski definition) is 4. The Hall–Kier alpha value is -1.09. The molecule has 2 saturated heterocycles. The molecule has 156 valence electrons. The molecule has 0 bridgehead atoms. The molecule has 1 N–H and O–H groups in total. The lowest BCUT2D eigenvalue weighted by Crippen LogP contribution is -2.41. The zero-order valence-corrected chi connectivity index (χ0v) is 19.2. The molecule has 0 radical (unpaired) electrons. The smallest absolute Gasteiger partial charge is 0.213 e. The minimum Gasteiger partial charge on any atom is -0.474 e. The van der Waals surface area contributed by atoms with Gasteiger partial charge in [0.1, 0.15) is 6.10 Å². The summed E-state index contributed by atoms with van der Waals surface area (Å²) in [5.41, 5.74) is 1.46. The lowest BCUT2D eigenvalue weighted by molar-refractivity contribution is 0.156. The highest BCUT2D eigenvalue weighted by atomic mass is 127. The van der Waals surface area contributed by atoms with Gasteiger partial charge in [-0.25, -0.2) is 9.98 Å². The van der Waals surface area contributed by atoms with E-state index in [0.717, 1.165) is 63.1 Å². The Balaban J connectivity index is 0.00000225. The fourth-order valence-corrected chi connectivity index (χ4v) is 4.43.